The lowest BCUT2D eigenvalue weighted by atomic mass is 10.2. The van der Waals surface area contributed by atoms with E-state index in [4.69, 9.17) is 4.42 Å². The average molecular weight is 283 g/mol. The minimum atomic E-state index is -3.64. The van der Waals surface area contributed by atoms with Gasteiger partial charge in [0.2, 0.25) is 10.0 Å². The third-order valence-corrected chi connectivity index (χ3v) is 4.17. The van der Waals surface area contributed by atoms with Crippen molar-refractivity contribution in [2.75, 3.05) is 0 Å². The molecule has 0 aliphatic rings. The Bertz CT molecular complexity index is 620. The molecule has 0 saturated carbocycles. The molecule has 1 heterocycles. The van der Waals surface area contributed by atoms with E-state index in [1.54, 1.807) is 19.1 Å². The van der Waals surface area contributed by atoms with Gasteiger partial charge >= 0.3 is 0 Å². The van der Waals surface area contributed by atoms with Crippen molar-refractivity contribution in [2.24, 2.45) is 0 Å². The number of nitrogens with one attached hydrogen (secondary N) is 1. The van der Waals surface area contributed by atoms with Gasteiger partial charge in [-0.3, -0.25) is 0 Å². The molecule has 19 heavy (non-hydrogen) atoms. The third-order valence-electron chi connectivity index (χ3n) is 2.57. The molecule has 0 aliphatic carbocycles. The van der Waals surface area contributed by atoms with Crippen LogP contribution >= 0.6 is 0 Å². The van der Waals surface area contributed by atoms with Crippen LogP contribution in [0.3, 0.4) is 0 Å². The van der Waals surface area contributed by atoms with Gasteiger partial charge in [-0.1, -0.05) is 0 Å². The molecule has 1 N–H and O–H groups in total. The van der Waals surface area contributed by atoms with Crippen molar-refractivity contribution in [3.63, 3.8) is 0 Å². The summed E-state index contributed by atoms with van der Waals surface area (Å²) in [5, 5.41) is 0. The zero-order valence-corrected chi connectivity index (χ0v) is 11.2. The van der Waals surface area contributed by atoms with Crippen molar-refractivity contribution < 1.29 is 17.2 Å². The SMILES string of the molecule is CC(Cc1ccco1)NS(=O)(=O)c1ccc(F)cc1. The van der Waals surface area contributed by atoms with Crippen LogP contribution in [0.25, 0.3) is 0 Å². The zero-order valence-electron chi connectivity index (χ0n) is 10.3. The minimum Gasteiger partial charge on any atom is -0.469 e. The smallest absolute Gasteiger partial charge is 0.240 e. The van der Waals surface area contributed by atoms with Gasteiger partial charge in [0.15, 0.2) is 0 Å². The minimum absolute atomic E-state index is 0.0418. The predicted octanol–water partition coefficient (Wildman–Crippen LogP) is 2.33. The second kappa shape index (κ2) is 5.54. The quantitative estimate of drug-likeness (QED) is 0.916. The molecule has 0 spiro atoms. The summed E-state index contributed by atoms with van der Waals surface area (Å²) >= 11 is 0. The van der Waals surface area contributed by atoms with Gasteiger partial charge in [0.1, 0.15) is 11.6 Å². The lowest BCUT2D eigenvalue weighted by Crippen LogP contribution is -2.34. The highest BCUT2D eigenvalue weighted by molar-refractivity contribution is 7.89. The number of rotatable bonds is 5. The van der Waals surface area contributed by atoms with E-state index in [1.807, 2.05) is 0 Å². The van der Waals surface area contributed by atoms with Gasteiger partial charge in [-0.15, -0.1) is 0 Å². The maximum Gasteiger partial charge on any atom is 0.240 e. The van der Waals surface area contributed by atoms with Crippen molar-refractivity contribution in [3.8, 4) is 0 Å². The average Bonchev–Trinajstić information content (AvgIpc) is 2.81. The van der Waals surface area contributed by atoms with Gasteiger partial charge in [0.05, 0.1) is 11.2 Å². The van der Waals surface area contributed by atoms with Crippen molar-refractivity contribution in [2.45, 2.75) is 24.3 Å². The largest absolute Gasteiger partial charge is 0.469 e. The number of benzene rings is 1. The highest BCUT2D eigenvalue weighted by Crippen LogP contribution is 2.11. The van der Waals surface area contributed by atoms with Crippen molar-refractivity contribution in [1.82, 2.24) is 4.72 Å². The number of sulfonamides is 1. The molecule has 0 radical (unpaired) electrons. The Kier molecular flexibility index (Phi) is 4.01. The number of hydrogen-bond acceptors (Lipinski definition) is 3. The fourth-order valence-corrected chi connectivity index (χ4v) is 2.96. The van der Waals surface area contributed by atoms with Gasteiger partial charge in [0.25, 0.3) is 0 Å². The lowest BCUT2D eigenvalue weighted by molar-refractivity contribution is 0.479. The fraction of sp³-hybridized carbons (Fsp3) is 0.231. The second-order valence-electron chi connectivity index (χ2n) is 4.26. The molecule has 4 nitrogen and oxygen atoms in total. The first kappa shape index (κ1) is 13.8. The van der Waals surface area contributed by atoms with E-state index >= 15 is 0 Å². The normalized spacial score (nSPS) is 13.4. The van der Waals surface area contributed by atoms with Crippen LogP contribution in [0, 0.1) is 5.82 Å². The van der Waals surface area contributed by atoms with E-state index in [0.29, 0.717) is 12.2 Å². The van der Waals surface area contributed by atoms with E-state index in [0.717, 1.165) is 12.1 Å². The molecule has 0 saturated heterocycles. The number of hydrogen-bond donors (Lipinski definition) is 1. The second-order valence-corrected chi connectivity index (χ2v) is 5.97. The van der Waals surface area contributed by atoms with E-state index < -0.39 is 15.8 Å². The van der Waals surface area contributed by atoms with Crippen LogP contribution in [0.4, 0.5) is 4.39 Å². The molecule has 102 valence electrons. The van der Waals surface area contributed by atoms with Crippen LogP contribution in [0.1, 0.15) is 12.7 Å². The summed E-state index contributed by atoms with van der Waals surface area (Å²) in [4.78, 5) is 0.0418. The molecular weight excluding hydrogens is 269 g/mol. The summed E-state index contributed by atoms with van der Waals surface area (Å²) in [6, 6.07) is 7.91. The van der Waals surface area contributed by atoms with Gasteiger partial charge < -0.3 is 4.42 Å². The molecule has 0 amide bonds. The highest BCUT2D eigenvalue weighted by Gasteiger charge is 2.18. The molecule has 2 aromatic rings. The maximum atomic E-state index is 12.8. The van der Waals surface area contributed by atoms with Crippen molar-refractivity contribution in [1.29, 1.82) is 0 Å². The van der Waals surface area contributed by atoms with Gasteiger partial charge in [0, 0.05) is 12.5 Å². The molecule has 1 aromatic carbocycles. The van der Waals surface area contributed by atoms with E-state index in [9.17, 15) is 12.8 Å². The van der Waals surface area contributed by atoms with Gasteiger partial charge in [-0.05, 0) is 43.3 Å². The highest BCUT2D eigenvalue weighted by atomic mass is 32.2. The van der Waals surface area contributed by atoms with Crippen LogP contribution in [0.15, 0.2) is 52.0 Å². The summed E-state index contributed by atoms with van der Waals surface area (Å²) < 4.78 is 44.5. The summed E-state index contributed by atoms with van der Waals surface area (Å²) in [6.45, 7) is 1.74. The Balaban J connectivity index is 2.06. The van der Waals surface area contributed by atoms with Gasteiger partial charge in [-0.2, -0.15) is 0 Å². The van der Waals surface area contributed by atoms with E-state index in [1.165, 1.54) is 18.4 Å². The summed E-state index contributed by atoms with van der Waals surface area (Å²) in [5.74, 6) is 0.233. The number of furan rings is 1. The summed E-state index contributed by atoms with van der Waals surface area (Å²) in [6.07, 6.45) is 1.99. The van der Waals surface area contributed by atoms with Crippen LogP contribution in [-0.4, -0.2) is 14.5 Å². The topological polar surface area (TPSA) is 59.3 Å². The molecule has 2 rings (SSSR count). The predicted molar refractivity (Wildman–Crippen MR) is 68.6 cm³/mol. The Labute approximate surface area is 111 Å². The Hall–Kier alpha value is -1.66. The van der Waals surface area contributed by atoms with Crippen LogP contribution in [0.2, 0.25) is 0 Å². The summed E-state index contributed by atoms with van der Waals surface area (Å²) in [7, 11) is -3.64. The van der Waals surface area contributed by atoms with Crippen molar-refractivity contribution >= 4 is 10.0 Å². The molecule has 0 fully saturated rings. The molecule has 1 aromatic heterocycles. The number of halogens is 1. The molecular formula is C13H14FNO3S. The fourth-order valence-electron chi connectivity index (χ4n) is 1.72. The van der Waals surface area contributed by atoms with Crippen molar-refractivity contribution in [3.05, 3.63) is 54.2 Å². The van der Waals surface area contributed by atoms with Gasteiger partial charge in [-0.25, -0.2) is 17.5 Å². The zero-order chi connectivity index (χ0) is 13.9. The molecule has 0 bridgehead atoms. The van der Waals surface area contributed by atoms with E-state index in [-0.39, 0.29) is 10.9 Å². The first-order valence-corrected chi connectivity index (χ1v) is 7.26. The molecule has 6 heteroatoms. The van der Waals surface area contributed by atoms with Crippen LogP contribution in [-0.2, 0) is 16.4 Å². The first-order valence-electron chi connectivity index (χ1n) is 5.77. The third kappa shape index (κ3) is 3.65. The Morgan fingerprint density at radius 3 is 2.53 bits per heavy atom. The first-order chi connectivity index (χ1) is 8.97. The molecule has 1 unspecified atom stereocenters. The molecule has 1 atom stereocenters. The van der Waals surface area contributed by atoms with Crippen LogP contribution < -0.4 is 4.72 Å². The lowest BCUT2D eigenvalue weighted by Gasteiger charge is -2.13. The van der Waals surface area contributed by atoms with E-state index in [2.05, 4.69) is 4.72 Å². The monoisotopic (exact) mass is 283 g/mol. The molecule has 0 aliphatic heterocycles. The van der Waals surface area contributed by atoms with Crippen LogP contribution in [0.5, 0.6) is 0 Å². The maximum absolute atomic E-state index is 12.8. The standard InChI is InChI=1S/C13H14FNO3S/c1-10(9-12-3-2-8-18-12)15-19(16,17)13-6-4-11(14)5-7-13/h2-8,10,15H,9H2,1H3. The Morgan fingerprint density at radius 2 is 1.95 bits per heavy atom. The summed E-state index contributed by atoms with van der Waals surface area (Å²) in [5.41, 5.74) is 0. The Morgan fingerprint density at radius 1 is 1.26 bits per heavy atom.